The zero-order valence-corrected chi connectivity index (χ0v) is 14.7. The highest BCUT2D eigenvalue weighted by atomic mass is 35.5. The highest BCUT2D eigenvalue weighted by Gasteiger charge is 2.11. The van der Waals surface area contributed by atoms with Gasteiger partial charge >= 0.3 is 0 Å². The van der Waals surface area contributed by atoms with E-state index >= 15 is 0 Å². The van der Waals surface area contributed by atoms with Crippen LogP contribution >= 0.6 is 11.6 Å². The summed E-state index contributed by atoms with van der Waals surface area (Å²) in [4.78, 5) is 28.2. The first-order valence-corrected chi connectivity index (χ1v) is 8.24. The summed E-state index contributed by atoms with van der Waals surface area (Å²) in [5.41, 5.74) is 1.66. The van der Waals surface area contributed by atoms with Gasteiger partial charge < -0.3 is 15.4 Å². The molecule has 0 saturated carbocycles. The van der Waals surface area contributed by atoms with Crippen LogP contribution in [0.5, 0.6) is 0 Å². The van der Waals surface area contributed by atoms with Crippen molar-refractivity contribution in [2.75, 3.05) is 26.8 Å². The van der Waals surface area contributed by atoms with Crippen molar-refractivity contribution >= 4 is 23.4 Å². The van der Waals surface area contributed by atoms with E-state index in [4.69, 9.17) is 16.3 Å². The normalized spacial score (nSPS) is 10.3. The van der Waals surface area contributed by atoms with E-state index < -0.39 is 0 Å². The quantitative estimate of drug-likeness (QED) is 0.705. The molecule has 2 N–H and O–H groups in total. The molecule has 1 aromatic carbocycles. The van der Waals surface area contributed by atoms with Crippen molar-refractivity contribution in [3.8, 4) is 0 Å². The molecule has 2 aromatic rings. The Bertz CT molecular complexity index is 720. The van der Waals surface area contributed by atoms with Crippen LogP contribution < -0.4 is 10.6 Å². The Morgan fingerprint density at radius 3 is 2.52 bits per heavy atom. The van der Waals surface area contributed by atoms with Crippen LogP contribution in [-0.4, -0.2) is 43.6 Å². The van der Waals surface area contributed by atoms with Gasteiger partial charge in [0.2, 0.25) is 0 Å². The minimum absolute atomic E-state index is 0.204. The SMILES string of the molecule is COCCNC(=O)c1ccnc(C(=O)NCCc2ccc(Cl)cc2)c1. The third-order valence-corrected chi connectivity index (χ3v) is 3.71. The van der Waals surface area contributed by atoms with Crippen molar-refractivity contribution in [2.24, 2.45) is 0 Å². The van der Waals surface area contributed by atoms with Crippen molar-refractivity contribution in [3.05, 3.63) is 64.4 Å². The molecule has 2 amide bonds. The van der Waals surface area contributed by atoms with Gasteiger partial charge in [-0.25, -0.2) is 0 Å². The molecule has 0 saturated heterocycles. The zero-order chi connectivity index (χ0) is 18.1. The smallest absolute Gasteiger partial charge is 0.269 e. The van der Waals surface area contributed by atoms with Gasteiger partial charge in [-0.15, -0.1) is 0 Å². The number of pyridine rings is 1. The molecule has 0 bridgehead atoms. The number of ether oxygens (including phenoxy) is 1. The van der Waals surface area contributed by atoms with E-state index in [9.17, 15) is 9.59 Å². The Labute approximate surface area is 151 Å². The molecule has 0 aliphatic carbocycles. The van der Waals surface area contributed by atoms with E-state index in [0.29, 0.717) is 36.7 Å². The second-order valence-corrected chi connectivity index (χ2v) is 5.75. The van der Waals surface area contributed by atoms with Crippen LogP contribution in [0.4, 0.5) is 0 Å². The van der Waals surface area contributed by atoms with Gasteiger partial charge in [-0.1, -0.05) is 23.7 Å². The maximum Gasteiger partial charge on any atom is 0.269 e. The van der Waals surface area contributed by atoms with Crippen LogP contribution in [0.1, 0.15) is 26.4 Å². The van der Waals surface area contributed by atoms with Crippen molar-refractivity contribution in [2.45, 2.75) is 6.42 Å². The molecule has 0 aliphatic heterocycles. The average molecular weight is 362 g/mol. The van der Waals surface area contributed by atoms with Crippen LogP contribution in [0.25, 0.3) is 0 Å². The van der Waals surface area contributed by atoms with E-state index in [1.165, 1.54) is 12.3 Å². The van der Waals surface area contributed by atoms with Gasteiger partial charge in [0.1, 0.15) is 5.69 Å². The molecule has 0 atom stereocenters. The summed E-state index contributed by atoms with van der Waals surface area (Å²) in [6, 6.07) is 10.5. The Balaban J connectivity index is 1.87. The van der Waals surface area contributed by atoms with Gasteiger partial charge in [-0.2, -0.15) is 0 Å². The molecule has 6 nitrogen and oxygen atoms in total. The summed E-state index contributed by atoms with van der Waals surface area (Å²) in [5, 5.41) is 6.17. The lowest BCUT2D eigenvalue weighted by Crippen LogP contribution is -2.29. The van der Waals surface area contributed by atoms with Crippen molar-refractivity contribution in [1.29, 1.82) is 0 Å². The Morgan fingerprint density at radius 1 is 1.08 bits per heavy atom. The first-order valence-electron chi connectivity index (χ1n) is 7.86. The first kappa shape index (κ1) is 18.9. The Morgan fingerprint density at radius 2 is 1.80 bits per heavy atom. The lowest BCUT2D eigenvalue weighted by atomic mass is 10.1. The highest BCUT2D eigenvalue weighted by Crippen LogP contribution is 2.09. The third-order valence-electron chi connectivity index (χ3n) is 3.46. The molecular weight excluding hydrogens is 342 g/mol. The molecule has 2 rings (SSSR count). The zero-order valence-electron chi connectivity index (χ0n) is 13.9. The van der Waals surface area contributed by atoms with Crippen molar-refractivity contribution in [3.63, 3.8) is 0 Å². The fourth-order valence-electron chi connectivity index (χ4n) is 2.13. The summed E-state index contributed by atoms with van der Waals surface area (Å²) in [6.07, 6.45) is 2.12. The van der Waals surface area contributed by atoms with E-state index in [-0.39, 0.29) is 17.5 Å². The molecule has 0 unspecified atom stereocenters. The number of rotatable bonds is 8. The first-order chi connectivity index (χ1) is 12.1. The lowest BCUT2D eigenvalue weighted by Gasteiger charge is -2.07. The molecule has 0 aliphatic rings. The molecule has 0 spiro atoms. The number of hydrogen-bond acceptors (Lipinski definition) is 4. The molecule has 1 heterocycles. The fraction of sp³-hybridized carbons (Fsp3) is 0.278. The summed E-state index contributed by atoms with van der Waals surface area (Å²) >= 11 is 5.84. The number of halogens is 1. The van der Waals surface area contributed by atoms with E-state index in [0.717, 1.165) is 5.56 Å². The summed E-state index contributed by atoms with van der Waals surface area (Å²) in [6.45, 7) is 1.29. The predicted octanol–water partition coefficient (Wildman–Crippen LogP) is 2.08. The van der Waals surface area contributed by atoms with Gasteiger partial charge in [-0.05, 0) is 36.2 Å². The minimum Gasteiger partial charge on any atom is -0.383 e. The average Bonchev–Trinajstić information content (AvgIpc) is 2.63. The summed E-state index contributed by atoms with van der Waals surface area (Å²) in [5.74, 6) is -0.588. The molecular formula is C18H20ClN3O3. The second-order valence-electron chi connectivity index (χ2n) is 5.31. The largest absolute Gasteiger partial charge is 0.383 e. The number of benzene rings is 1. The standard InChI is InChI=1S/C18H20ClN3O3/c1-25-11-10-22-17(23)14-7-9-20-16(12-14)18(24)21-8-6-13-2-4-15(19)5-3-13/h2-5,7,9,12H,6,8,10-11H2,1H3,(H,21,24)(H,22,23). The summed E-state index contributed by atoms with van der Waals surface area (Å²) in [7, 11) is 1.56. The van der Waals surface area contributed by atoms with Crippen LogP contribution in [0, 0.1) is 0 Å². The molecule has 0 fully saturated rings. The number of nitrogens with one attached hydrogen (secondary N) is 2. The lowest BCUT2D eigenvalue weighted by molar-refractivity contribution is 0.0937. The van der Waals surface area contributed by atoms with Crippen LogP contribution in [-0.2, 0) is 11.2 Å². The number of nitrogens with zero attached hydrogens (tertiary/aromatic N) is 1. The Kier molecular flexibility index (Phi) is 7.37. The van der Waals surface area contributed by atoms with Crippen molar-refractivity contribution in [1.82, 2.24) is 15.6 Å². The number of hydrogen-bond donors (Lipinski definition) is 2. The molecule has 132 valence electrons. The number of carbonyl (C=O) groups is 2. The summed E-state index contributed by atoms with van der Waals surface area (Å²) < 4.78 is 4.88. The minimum atomic E-state index is -0.319. The molecule has 25 heavy (non-hydrogen) atoms. The van der Waals surface area contributed by atoms with E-state index in [2.05, 4.69) is 15.6 Å². The van der Waals surface area contributed by atoms with E-state index in [1.54, 1.807) is 13.2 Å². The maximum absolute atomic E-state index is 12.2. The van der Waals surface area contributed by atoms with Gasteiger partial charge in [0, 0.05) is 37.0 Å². The van der Waals surface area contributed by atoms with Gasteiger partial charge in [-0.3, -0.25) is 14.6 Å². The van der Waals surface area contributed by atoms with Crippen LogP contribution in [0.2, 0.25) is 5.02 Å². The van der Waals surface area contributed by atoms with Crippen LogP contribution in [0.15, 0.2) is 42.6 Å². The Hall–Kier alpha value is -2.44. The fourth-order valence-corrected chi connectivity index (χ4v) is 2.25. The van der Waals surface area contributed by atoms with Gasteiger partial charge in [0.25, 0.3) is 11.8 Å². The number of methoxy groups -OCH3 is 1. The highest BCUT2D eigenvalue weighted by molar-refractivity contribution is 6.30. The molecule has 0 radical (unpaired) electrons. The maximum atomic E-state index is 12.2. The monoisotopic (exact) mass is 361 g/mol. The van der Waals surface area contributed by atoms with Gasteiger partial charge in [0.05, 0.1) is 6.61 Å². The topological polar surface area (TPSA) is 80.3 Å². The molecule has 7 heteroatoms. The van der Waals surface area contributed by atoms with E-state index in [1.807, 2.05) is 24.3 Å². The predicted molar refractivity (Wildman–Crippen MR) is 95.9 cm³/mol. The molecule has 1 aromatic heterocycles. The second kappa shape index (κ2) is 9.76. The number of carbonyl (C=O) groups excluding carboxylic acids is 2. The number of amides is 2. The van der Waals surface area contributed by atoms with Gasteiger partial charge in [0.15, 0.2) is 0 Å². The van der Waals surface area contributed by atoms with Crippen molar-refractivity contribution < 1.29 is 14.3 Å². The third kappa shape index (κ3) is 6.17. The van der Waals surface area contributed by atoms with Crippen LogP contribution in [0.3, 0.4) is 0 Å². The number of aromatic nitrogens is 1.